The molecule has 2 aliphatic rings. The Hall–Kier alpha value is -1.48. The minimum Gasteiger partial charge on any atom is -0.375 e. The van der Waals surface area contributed by atoms with Gasteiger partial charge in [0.25, 0.3) is 0 Å². The smallest absolute Gasteiger partial charge is 0.140 e. The maximum atomic E-state index is 13.4. The first-order valence-corrected chi connectivity index (χ1v) is 7.40. The second-order valence-electron chi connectivity index (χ2n) is 5.91. The molecule has 0 N–H and O–H groups in total. The predicted molar refractivity (Wildman–Crippen MR) is 77.2 cm³/mol. The first kappa shape index (κ1) is 14.5. The van der Waals surface area contributed by atoms with Crippen LogP contribution in [-0.2, 0) is 11.3 Å². The van der Waals surface area contributed by atoms with Crippen molar-refractivity contribution in [3.8, 4) is 6.07 Å². The Morgan fingerprint density at radius 2 is 2.29 bits per heavy atom. The fraction of sp³-hybridized carbons (Fsp3) is 0.562. The van der Waals surface area contributed by atoms with E-state index in [2.05, 4.69) is 16.8 Å². The van der Waals surface area contributed by atoms with Gasteiger partial charge in [-0.2, -0.15) is 5.26 Å². The van der Waals surface area contributed by atoms with Gasteiger partial charge < -0.3 is 4.74 Å². The Morgan fingerprint density at radius 3 is 3.10 bits per heavy atom. The number of rotatable bonds is 2. The third kappa shape index (κ3) is 3.08. The lowest BCUT2D eigenvalue weighted by Crippen LogP contribution is -2.58. The number of likely N-dealkylation sites (tertiary alicyclic amines) is 1. The molecule has 2 aliphatic heterocycles. The van der Waals surface area contributed by atoms with Crippen molar-refractivity contribution < 1.29 is 9.13 Å². The predicted octanol–water partition coefficient (Wildman–Crippen LogP) is 1.60. The third-order valence-electron chi connectivity index (χ3n) is 4.50. The van der Waals surface area contributed by atoms with Gasteiger partial charge in [-0.15, -0.1) is 0 Å². The number of likely N-dealkylation sites (N-methyl/N-ethyl adjacent to an activating group) is 1. The lowest BCUT2D eigenvalue weighted by molar-refractivity contribution is -0.0956. The third-order valence-corrected chi connectivity index (χ3v) is 4.50. The van der Waals surface area contributed by atoms with E-state index >= 15 is 0 Å². The molecule has 0 bridgehead atoms. The van der Waals surface area contributed by atoms with Crippen molar-refractivity contribution in [2.24, 2.45) is 0 Å². The molecule has 0 saturated carbocycles. The standard InChI is InChI=1S/C16H20FN3O/c1-19-6-7-21-16-4-5-20(11-15(16)19)10-12-2-3-14(17)13(8-12)9-18/h2-3,8,15-16H,4-7,10-11H2,1H3/t15-,16-/m0/s1. The van der Waals surface area contributed by atoms with Crippen LogP contribution < -0.4 is 0 Å². The average Bonchev–Trinajstić information content (AvgIpc) is 2.50. The quantitative estimate of drug-likeness (QED) is 0.829. The summed E-state index contributed by atoms with van der Waals surface area (Å²) in [6, 6.07) is 7.15. The van der Waals surface area contributed by atoms with Crippen molar-refractivity contribution in [3.05, 3.63) is 35.1 Å². The zero-order valence-corrected chi connectivity index (χ0v) is 12.3. The van der Waals surface area contributed by atoms with Crippen LogP contribution in [0.15, 0.2) is 18.2 Å². The highest BCUT2D eigenvalue weighted by Crippen LogP contribution is 2.23. The lowest BCUT2D eigenvalue weighted by Gasteiger charge is -2.45. The Labute approximate surface area is 124 Å². The van der Waals surface area contributed by atoms with Crippen LogP contribution in [0.2, 0.25) is 0 Å². The van der Waals surface area contributed by atoms with E-state index in [0.29, 0.717) is 12.1 Å². The van der Waals surface area contributed by atoms with E-state index in [4.69, 9.17) is 10.00 Å². The molecule has 0 aliphatic carbocycles. The Morgan fingerprint density at radius 1 is 1.43 bits per heavy atom. The SMILES string of the molecule is CN1CCO[C@H]2CCN(Cc3ccc(F)c(C#N)c3)C[C@@H]21. The molecular weight excluding hydrogens is 269 g/mol. The van der Waals surface area contributed by atoms with Gasteiger partial charge in [-0.05, 0) is 31.2 Å². The van der Waals surface area contributed by atoms with Gasteiger partial charge in [0.05, 0.1) is 18.3 Å². The first-order valence-electron chi connectivity index (χ1n) is 7.40. The van der Waals surface area contributed by atoms with E-state index < -0.39 is 5.82 Å². The summed E-state index contributed by atoms with van der Waals surface area (Å²) in [6.45, 7) is 4.49. The van der Waals surface area contributed by atoms with E-state index in [9.17, 15) is 4.39 Å². The van der Waals surface area contributed by atoms with Crippen LogP contribution in [0.1, 0.15) is 17.5 Å². The van der Waals surface area contributed by atoms with Gasteiger partial charge in [0.1, 0.15) is 11.9 Å². The number of nitrogens with zero attached hydrogens (tertiary/aromatic N) is 3. The number of halogens is 1. The molecule has 2 heterocycles. The molecule has 0 amide bonds. The van der Waals surface area contributed by atoms with Crippen molar-refractivity contribution >= 4 is 0 Å². The molecule has 4 nitrogen and oxygen atoms in total. The normalized spacial score (nSPS) is 27.1. The van der Waals surface area contributed by atoms with Gasteiger partial charge in [-0.25, -0.2) is 4.39 Å². The van der Waals surface area contributed by atoms with E-state index in [0.717, 1.165) is 44.8 Å². The van der Waals surface area contributed by atoms with Gasteiger partial charge >= 0.3 is 0 Å². The number of morpholine rings is 1. The number of hydrogen-bond donors (Lipinski definition) is 0. The number of piperidine rings is 1. The molecule has 112 valence electrons. The van der Waals surface area contributed by atoms with E-state index in [1.165, 1.54) is 6.07 Å². The summed E-state index contributed by atoms with van der Waals surface area (Å²) in [6.07, 6.45) is 1.37. The fourth-order valence-corrected chi connectivity index (χ4v) is 3.27. The summed E-state index contributed by atoms with van der Waals surface area (Å²) in [5.41, 5.74) is 1.12. The summed E-state index contributed by atoms with van der Waals surface area (Å²) in [4.78, 5) is 4.73. The van der Waals surface area contributed by atoms with Crippen LogP contribution in [0.4, 0.5) is 4.39 Å². The molecule has 0 spiro atoms. The molecule has 21 heavy (non-hydrogen) atoms. The van der Waals surface area contributed by atoms with Crippen LogP contribution >= 0.6 is 0 Å². The molecule has 1 aromatic carbocycles. The largest absolute Gasteiger partial charge is 0.375 e. The number of nitriles is 1. The first-order chi connectivity index (χ1) is 10.2. The maximum Gasteiger partial charge on any atom is 0.140 e. The number of ether oxygens (including phenoxy) is 1. The summed E-state index contributed by atoms with van der Waals surface area (Å²) >= 11 is 0. The van der Waals surface area contributed by atoms with E-state index in [1.54, 1.807) is 12.1 Å². The molecule has 5 heteroatoms. The highest BCUT2D eigenvalue weighted by atomic mass is 19.1. The van der Waals surface area contributed by atoms with Crippen molar-refractivity contribution in [1.29, 1.82) is 5.26 Å². The van der Waals surface area contributed by atoms with Gasteiger partial charge in [-0.3, -0.25) is 9.80 Å². The fourth-order valence-electron chi connectivity index (χ4n) is 3.27. The van der Waals surface area contributed by atoms with Crippen LogP contribution in [-0.4, -0.2) is 55.2 Å². The monoisotopic (exact) mass is 289 g/mol. The molecule has 2 saturated heterocycles. The number of fused-ring (bicyclic) bond motifs is 1. The van der Waals surface area contributed by atoms with Crippen LogP contribution in [0, 0.1) is 17.1 Å². The van der Waals surface area contributed by atoms with Gasteiger partial charge in [0.2, 0.25) is 0 Å². The van der Waals surface area contributed by atoms with Crippen molar-refractivity contribution in [2.75, 3.05) is 33.3 Å². The zero-order chi connectivity index (χ0) is 14.8. The minimum atomic E-state index is -0.444. The average molecular weight is 289 g/mol. The molecule has 2 fully saturated rings. The van der Waals surface area contributed by atoms with E-state index in [1.807, 2.05) is 6.07 Å². The second-order valence-corrected chi connectivity index (χ2v) is 5.91. The maximum absolute atomic E-state index is 13.4. The summed E-state index contributed by atoms with van der Waals surface area (Å²) in [5, 5.41) is 8.91. The Kier molecular flexibility index (Phi) is 4.20. The summed E-state index contributed by atoms with van der Waals surface area (Å²) in [5.74, 6) is -0.444. The molecule has 2 atom stereocenters. The molecule has 0 radical (unpaired) electrons. The molecule has 0 unspecified atom stereocenters. The molecular formula is C16H20FN3O. The second kappa shape index (κ2) is 6.10. The van der Waals surface area contributed by atoms with Crippen LogP contribution in [0.25, 0.3) is 0 Å². The minimum absolute atomic E-state index is 0.125. The van der Waals surface area contributed by atoms with Gasteiger partial charge in [0, 0.05) is 32.2 Å². The van der Waals surface area contributed by atoms with Crippen molar-refractivity contribution in [1.82, 2.24) is 9.80 Å². The number of hydrogen-bond acceptors (Lipinski definition) is 4. The number of benzene rings is 1. The summed E-state index contributed by atoms with van der Waals surface area (Å²) < 4.78 is 19.2. The lowest BCUT2D eigenvalue weighted by atomic mass is 9.98. The van der Waals surface area contributed by atoms with Gasteiger partial charge in [-0.1, -0.05) is 6.07 Å². The molecule has 0 aromatic heterocycles. The topological polar surface area (TPSA) is 39.5 Å². The Bertz CT molecular complexity index is 557. The molecule has 3 rings (SSSR count). The van der Waals surface area contributed by atoms with E-state index in [-0.39, 0.29) is 5.56 Å². The van der Waals surface area contributed by atoms with Crippen LogP contribution in [0.3, 0.4) is 0 Å². The highest BCUT2D eigenvalue weighted by Gasteiger charge is 2.35. The van der Waals surface area contributed by atoms with Crippen molar-refractivity contribution in [2.45, 2.75) is 25.1 Å². The Balaban J connectivity index is 1.67. The zero-order valence-electron chi connectivity index (χ0n) is 12.3. The van der Waals surface area contributed by atoms with Crippen LogP contribution in [0.5, 0.6) is 0 Å². The molecule has 1 aromatic rings. The van der Waals surface area contributed by atoms with Crippen molar-refractivity contribution in [3.63, 3.8) is 0 Å². The highest BCUT2D eigenvalue weighted by molar-refractivity contribution is 5.34. The summed E-state index contributed by atoms with van der Waals surface area (Å²) in [7, 11) is 2.15. The van der Waals surface area contributed by atoms with Gasteiger partial charge in [0.15, 0.2) is 0 Å².